The molecule has 1 aliphatic rings. The van der Waals surface area contributed by atoms with Crippen LogP contribution in [0.1, 0.15) is 26.3 Å². The molecule has 6 heteroatoms. The molecule has 0 radical (unpaired) electrons. The smallest absolute Gasteiger partial charge is 0.238 e. The number of benzene rings is 1. The van der Waals surface area contributed by atoms with Crippen molar-refractivity contribution in [1.29, 1.82) is 0 Å². The standard InChI is InChI=1S/C15H24N2O3S/c1-12-10-17(11-15(2,3)20-12)9-8-13-4-6-14(7-5-13)21(16,18)19/h4-7,12H,8-11H2,1-3H3,(H2,16,18,19)/t12-/m1/s1. The number of nitrogens with zero attached hydrogens (tertiary/aromatic N) is 1. The maximum Gasteiger partial charge on any atom is 0.238 e. The molecule has 5 nitrogen and oxygen atoms in total. The van der Waals surface area contributed by atoms with Crippen molar-refractivity contribution in [3.05, 3.63) is 29.8 Å². The van der Waals surface area contributed by atoms with Crippen molar-refractivity contribution >= 4 is 10.0 Å². The second-order valence-corrected chi connectivity index (χ2v) is 7.92. The fourth-order valence-electron chi connectivity index (χ4n) is 2.89. The Morgan fingerprint density at radius 1 is 1.33 bits per heavy atom. The highest BCUT2D eigenvalue weighted by atomic mass is 32.2. The van der Waals surface area contributed by atoms with E-state index in [9.17, 15) is 8.42 Å². The van der Waals surface area contributed by atoms with Gasteiger partial charge in [-0.25, -0.2) is 13.6 Å². The molecule has 1 saturated heterocycles. The summed E-state index contributed by atoms with van der Waals surface area (Å²) in [7, 11) is -3.60. The third-order valence-electron chi connectivity index (χ3n) is 3.61. The van der Waals surface area contributed by atoms with E-state index in [1.54, 1.807) is 12.1 Å². The van der Waals surface area contributed by atoms with Gasteiger partial charge in [0, 0.05) is 19.6 Å². The number of ether oxygens (including phenoxy) is 1. The lowest BCUT2D eigenvalue weighted by Crippen LogP contribution is -2.52. The Balaban J connectivity index is 1.94. The highest BCUT2D eigenvalue weighted by molar-refractivity contribution is 7.89. The van der Waals surface area contributed by atoms with Crippen LogP contribution in [0.5, 0.6) is 0 Å². The van der Waals surface area contributed by atoms with Crippen molar-refractivity contribution in [2.45, 2.75) is 43.8 Å². The fourth-order valence-corrected chi connectivity index (χ4v) is 3.40. The van der Waals surface area contributed by atoms with Crippen LogP contribution >= 0.6 is 0 Å². The zero-order valence-corrected chi connectivity index (χ0v) is 13.7. The Bertz CT molecular complexity index is 581. The van der Waals surface area contributed by atoms with Crippen LogP contribution in [0.15, 0.2) is 29.2 Å². The lowest BCUT2D eigenvalue weighted by molar-refractivity contribution is -0.128. The number of hydrogen-bond acceptors (Lipinski definition) is 4. The first-order valence-corrected chi connectivity index (χ1v) is 8.72. The molecule has 0 spiro atoms. The molecule has 1 atom stereocenters. The van der Waals surface area contributed by atoms with E-state index in [4.69, 9.17) is 9.88 Å². The summed E-state index contributed by atoms with van der Waals surface area (Å²) in [6, 6.07) is 6.79. The third kappa shape index (κ3) is 4.78. The van der Waals surface area contributed by atoms with Gasteiger partial charge in [0.05, 0.1) is 16.6 Å². The van der Waals surface area contributed by atoms with Crippen molar-refractivity contribution in [2.24, 2.45) is 5.14 Å². The summed E-state index contributed by atoms with van der Waals surface area (Å²) < 4.78 is 28.3. The van der Waals surface area contributed by atoms with Gasteiger partial charge in [-0.2, -0.15) is 0 Å². The molecule has 1 aliphatic heterocycles. The van der Waals surface area contributed by atoms with Gasteiger partial charge in [0.1, 0.15) is 0 Å². The number of sulfonamides is 1. The molecule has 1 aromatic rings. The molecule has 0 bridgehead atoms. The van der Waals surface area contributed by atoms with Gasteiger partial charge < -0.3 is 4.74 Å². The molecule has 0 unspecified atom stereocenters. The molecule has 1 aromatic carbocycles. The number of nitrogens with two attached hydrogens (primary N) is 1. The van der Waals surface area contributed by atoms with Gasteiger partial charge in [0.2, 0.25) is 10.0 Å². The average Bonchev–Trinajstić information content (AvgIpc) is 2.33. The highest BCUT2D eigenvalue weighted by Crippen LogP contribution is 2.21. The SMILES string of the molecule is C[C@@H]1CN(CCc2ccc(S(N)(=O)=O)cc2)CC(C)(C)O1. The second-order valence-electron chi connectivity index (χ2n) is 6.36. The van der Waals surface area contributed by atoms with E-state index in [1.165, 1.54) is 0 Å². The highest BCUT2D eigenvalue weighted by Gasteiger charge is 2.30. The van der Waals surface area contributed by atoms with Crippen molar-refractivity contribution in [1.82, 2.24) is 4.90 Å². The van der Waals surface area contributed by atoms with E-state index in [0.29, 0.717) is 0 Å². The first kappa shape index (κ1) is 16.4. The van der Waals surface area contributed by atoms with Gasteiger partial charge >= 0.3 is 0 Å². The number of hydrogen-bond donors (Lipinski definition) is 1. The largest absolute Gasteiger partial charge is 0.370 e. The maximum atomic E-state index is 11.2. The topological polar surface area (TPSA) is 72.6 Å². The normalized spacial score (nSPS) is 23.1. The Morgan fingerprint density at radius 3 is 2.48 bits per heavy atom. The van der Waals surface area contributed by atoms with Crippen LogP contribution in [0.4, 0.5) is 0 Å². The van der Waals surface area contributed by atoms with Gasteiger partial charge in [0.15, 0.2) is 0 Å². The Morgan fingerprint density at radius 2 is 1.95 bits per heavy atom. The molecule has 2 rings (SSSR count). The molecule has 1 fully saturated rings. The minimum Gasteiger partial charge on any atom is -0.370 e. The Kier molecular flexibility index (Phi) is 4.72. The Labute approximate surface area is 127 Å². The second kappa shape index (κ2) is 6.04. The monoisotopic (exact) mass is 312 g/mol. The zero-order valence-electron chi connectivity index (χ0n) is 12.9. The average molecular weight is 312 g/mol. The summed E-state index contributed by atoms with van der Waals surface area (Å²) in [5.74, 6) is 0. The van der Waals surface area contributed by atoms with Crippen molar-refractivity contribution in [2.75, 3.05) is 19.6 Å². The number of primary sulfonamides is 1. The van der Waals surface area contributed by atoms with Gasteiger partial charge in [-0.1, -0.05) is 12.1 Å². The van der Waals surface area contributed by atoms with Gasteiger partial charge in [-0.15, -0.1) is 0 Å². The molecular formula is C15H24N2O3S. The Hall–Kier alpha value is -0.950. The summed E-state index contributed by atoms with van der Waals surface area (Å²) in [5, 5.41) is 5.09. The van der Waals surface area contributed by atoms with E-state index in [-0.39, 0.29) is 16.6 Å². The van der Waals surface area contributed by atoms with Crippen LogP contribution in [0, 0.1) is 0 Å². The first-order chi connectivity index (χ1) is 9.66. The molecular weight excluding hydrogens is 288 g/mol. The molecule has 2 N–H and O–H groups in total. The molecule has 21 heavy (non-hydrogen) atoms. The molecule has 0 aliphatic carbocycles. The van der Waals surface area contributed by atoms with Crippen molar-refractivity contribution in [3.8, 4) is 0 Å². The quantitative estimate of drug-likeness (QED) is 0.911. The van der Waals surface area contributed by atoms with Crippen LogP contribution in [-0.2, 0) is 21.2 Å². The number of morpholine rings is 1. The van der Waals surface area contributed by atoms with Crippen molar-refractivity contribution < 1.29 is 13.2 Å². The summed E-state index contributed by atoms with van der Waals surface area (Å²) >= 11 is 0. The van der Waals surface area contributed by atoms with E-state index in [1.807, 2.05) is 12.1 Å². The third-order valence-corrected chi connectivity index (χ3v) is 4.54. The zero-order chi connectivity index (χ0) is 15.7. The lowest BCUT2D eigenvalue weighted by Gasteiger charge is -2.41. The predicted octanol–water partition coefficient (Wildman–Crippen LogP) is 1.38. The van der Waals surface area contributed by atoms with E-state index < -0.39 is 10.0 Å². The predicted molar refractivity (Wildman–Crippen MR) is 82.6 cm³/mol. The van der Waals surface area contributed by atoms with Crippen LogP contribution in [0.3, 0.4) is 0 Å². The van der Waals surface area contributed by atoms with Gasteiger partial charge in [-0.05, 0) is 44.9 Å². The van der Waals surface area contributed by atoms with E-state index in [2.05, 4.69) is 25.7 Å². The van der Waals surface area contributed by atoms with Crippen LogP contribution in [0.25, 0.3) is 0 Å². The van der Waals surface area contributed by atoms with Crippen molar-refractivity contribution in [3.63, 3.8) is 0 Å². The molecule has 118 valence electrons. The van der Waals surface area contributed by atoms with Gasteiger partial charge in [-0.3, -0.25) is 4.90 Å². The molecule has 1 heterocycles. The minimum atomic E-state index is -3.60. The molecule has 0 amide bonds. The summed E-state index contributed by atoms with van der Waals surface area (Å²) in [4.78, 5) is 2.55. The molecule has 0 saturated carbocycles. The van der Waals surface area contributed by atoms with Crippen LogP contribution in [0.2, 0.25) is 0 Å². The van der Waals surface area contributed by atoms with E-state index >= 15 is 0 Å². The van der Waals surface area contributed by atoms with Gasteiger partial charge in [0.25, 0.3) is 0 Å². The van der Waals surface area contributed by atoms with Crippen LogP contribution < -0.4 is 5.14 Å². The molecule has 0 aromatic heterocycles. The number of rotatable bonds is 4. The summed E-state index contributed by atoms with van der Waals surface area (Å²) in [6.07, 6.45) is 1.12. The van der Waals surface area contributed by atoms with E-state index in [0.717, 1.165) is 31.6 Å². The fraction of sp³-hybridized carbons (Fsp3) is 0.600. The summed E-state index contributed by atoms with van der Waals surface area (Å²) in [6.45, 7) is 9.08. The first-order valence-electron chi connectivity index (χ1n) is 7.18. The summed E-state index contributed by atoms with van der Waals surface area (Å²) in [5.41, 5.74) is 0.995. The maximum absolute atomic E-state index is 11.2. The van der Waals surface area contributed by atoms with Crippen LogP contribution in [-0.4, -0.2) is 44.7 Å². The minimum absolute atomic E-state index is 0.116. The lowest BCUT2D eigenvalue weighted by atomic mass is 10.0.